The minimum atomic E-state index is -0.527. The van der Waals surface area contributed by atoms with Gasteiger partial charge in [-0.15, -0.1) is 0 Å². The van der Waals surface area contributed by atoms with Crippen molar-refractivity contribution in [3.05, 3.63) is 12.5 Å². The molecule has 0 saturated carbocycles. The Morgan fingerprint density at radius 2 is 2.24 bits per heavy atom. The van der Waals surface area contributed by atoms with Crippen LogP contribution in [0.5, 0.6) is 0 Å². The lowest BCUT2D eigenvalue weighted by Gasteiger charge is -2.19. The second-order valence-electron chi connectivity index (χ2n) is 5.76. The molecule has 0 aromatic carbocycles. The van der Waals surface area contributed by atoms with Crippen LogP contribution in [0.1, 0.15) is 32.6 Å². The molecule has 2 rings (SSSR count). The first-order valence-corrected chi connectivity index (χ1v) is 8.16. The van der Waals surface area contributed by atoms with Crippen molar-refractivity contribution >= 4 is 29.2 Å². The van der Waals surface area contributed by atoms with E-state index in [1.165, 1.54) is 6.33 Å². The van der Waals surface area contributed by atoms with Gasteiger partial charge in [-0.05, 0) is 6.42 Å². The van der Waals surface area contributed by atoms with E-state index < -0.39 is 5.92 Å². The summed E-state index contributed by atoms with van der Waals surface area (Å²) in [4.78, 5) is 31.3. The number of amides is 2. The molecule has 136 valence electrons. The number of hydrogen-bond donors (Lipinski definition) is 3. The number of hydrogen-bond acceptors (Lipinski definition) is 7. The highest BCUT2D eigenvalue weighted by atomic mass is 16.5. The highest BCUT2D eigenvalue weighted by Crippen LogP contribution is 2.17. The minimum Gasteiger partial charge on any atom is -0.286 e. The van der Waals surface area contributed by atoms with Crippen molar-refractivity contribution in [2.75, 3.05) is 12.0 Å². The first-order chi connectivity index (χ1) is 12.1. The molecule has 0 aliphatic heterocycles. The van der Waals surface area contributed by atoms with Gasteiger partial charge in [-0.2, -0.15) is 5.10 Å². The number of nitrogens with zero attached hydrogens (tertiary/aromatic N) is 5. The number of aromatic nitrogens is 4. The largest absolute Gasteiger partial charge is 0.286 e. The Hall–Kier alpha value is -2.75. The van der Waals surface area contributed by atoms with Crippen molar-refractivity contribution in [2.45, 2.75) is 32.6 Å². The summed E-state index contributed by atoms with van der Waals surface area (Å²) in [6.45, 7) is 2.00. The summed E-state index contributed by atoms with van der Waals surface area (Å²) in [5, 5.41) is 14.7. The third-order valence-electron chi connectivity index (χ3n) is 3.89. The van der Waals surface area contributed by atoms with Gasteiger partial charge in [0.2, 0.25) is 12.3 Å². The van der Waals surface area contributed by atoms with Gasteiger partial charge in [-0.25, -0.2) is 15.0 Å². The van der Waals surface area contributed by atoms with Gasteiger partial charge in [-0.3, -0.25) is 30.3 Å². The number of unbranched alkanes of at least 4 members (excludes halogenated alkanes) is 2. The summed E-state index contributed by atoms with van der Waals surface area (Å²) in [6.07, 6.45) is 6.66. The Morgan fingerprint density at radius 3 is 2.96 bits per heavy atom. The molecule has 0 aliphatic carbocycles. The van der Waals surface area contributed by atoms with Gasteiger partial charge in [0.25, 0.3) is 0 Å². The SMILES string of the molecule is CCCCC[C@H](CN(O)C=O)C(=O)NNc1ncnc2c1cnn2C. The number of rotatable bonds is 10. The number of hydroxylamine groups is 2. The van der Waals surface area contributed by atoms with E-state index >= 15 is 0 Å². The number of anilines is 1. The van der Waals surface area contributed by atoms with Gasteiger partial charge in [0.05, 0.1) is 24.0 Å². The molecule has 2 aromatic heterocycles. The minimum absolute atomic E-state index is 0.0627. The average molecular weight is 349 g/mol. The number of aryl methyl sites for hydroxylation is 1. The van der Waals surface area contributed by atoms with Crippen molar-refractivity contribution in [1.29, 1.82) is 0 Å². The molecule has 0 bridgehead atoms. The summed E-state index contributed by atoms with van der Waals surface area (Å²) in [7, 11) is 1.76. The first kappa shape index (κ1) is 18.6. The van der Waals surface area contributed by atoms with Crippen LogP contribution >= 0.6 is 0 Å². The van der Waals surface area contributed by atoms with E-state index in [9.17, 15) is 14.8 Å². The van der Waals surface area contributed by atoms with E-state index in [-0.39, 0.29) is 18.9 Å². The molecule has 2 amide bonds. The molecule has 0 saturated heterocycles. The van der Waals surface area contributed by atoms with Gasteiger partial charge in [-0.1, -0.05) is 26.2 Å². The van der Waals surface area contributed by atoms with Crippen molar-refractivity contribution < 1.29 is 14.8 Å². The maximum atomic E-state index is 12.4. The quantitative estimate of drug-likeness (QED) is 0.251. The van der Waals surface area contributed by atoms with Crippen LogP contribution in [0.3, 0.4) is 0 Å². The summed E-state index contributed by atoms with van der Waals surface area (Å²) in [5.41, 5.74) is 5.99. The fraction of sp³-hybridized carbons (Fsp3) is 0.533. The van der Waals surface area contributed by atoms with Crippen LogP contribution in [0.15, 0.2) is 12.5 Å². The van der Waals surface area contributed by atoms with Gasteiger partial charge in [0.15, 0.2) is 11.5 Å². The second kappa shape index (κ2) is 8.92. The first-order valence-electron chi connectivity index (χ1n) is 8.16. The van der Waals surface area contributed by atoms with E-state index in [1.54, 1.807) is 17.9 Å². The molecule has 0 fully saturated rings. The molecular formula is C15H23N7O3. The Bertz CT molecular complexity index is 718. The van der Waals surface area contributed by atoms with Crippen LogP contribution in [0.25, 0.3) is 11.0 Å². The lowest BCUT2D eigenvalue weighted by atomic mass is 10.0. The Kier molecular flexibility index (Phi) is 6.63. The number of nitrogens with one attached hydrogen (secondary N) is 2. The van der Waals surface area contributed by atoms with Gasteiger partial charge in [0, 0.05) is 7.05 Å². The fourth-order valence-corrected chi connectivity index (χ4v) is 2.50. The molecule has 2 aromatic rings. The predicted octanol–water partition coefficient (Wildman–Crippen LogP) is 0.851. The Labute approximate surface area is 145 Å². The van der Waals surface area contributed by atoms with Gasteiger partial charge in [0.1, 0.15) is 6.33 Å². The zero-order chi connectivity index (χ0) is 18.2. The molecule has 2 heterocycles. The van der Waals surface area contributed by atoms with Crippen LogP contribution in [-0.4, -0.2) is 48.9 Å². The third kappa shape index (κ3) is 4.86. The Balaban J connectivity index is 2.02. The van der Waals surface area contributed by atoms with Crippen molar-refractivity contribution in [2.24, 2.45) is 13.0 Å². The van der Waals surface area contributed by atoms with E-state index in [4.69, 9.17) is 0 Å². The van der Waals surface area contributed by atoms with Crippen LogP contribution in [-0.2, 0) is 16.6 Å². The zero-order valence-corrected chi connectivity index (χ0v) is 14.3. The predicted molar refractivity (Wildman–Crippen MR) is 90.3 cm³/mol. The van der Waals surface area contributed by atoms with Crippen LogP contribution in [0, 0.1) is 5.92 Å². The summed E-state index contributed by atoms with van der Waals surface area (Å²) >= 11 is 0. The van der Waals surface area contributed by atoms with Crippen LogP contribution in [0.4, 0.5) is 5.82 Å². The molecule has 0 spiro atoms. The lowest BCUT2D eigenvalue weighted by Crippen LogP contribution is -2.40. The van der Waals surface area contributed by atoms with Crippen molar-refractivity contribution in [3.63, 3.8) is 0 Å². The van der Waals surface area contributed by atoms with E-state index in [0.29, 0.717) is 28.3 Å². The van der Waals surface area contributed by atoms with Crippen LogP contribution < -0.4 is 10.9 Å². The standard InChI is InChI=1S/C15H23N7O3/c1-3-4-5-6-11(8-22(25)10-23)15(24)20-19-13-12-7-18-21(2)14(12)17-9-16-13/h7,9-11,25H,3-6,8H2,1-2H3,(H,20,24)(H,16,17,19)/t11-/m1/s1. The van der Waals surface area contributed by atoms with Crippen LogP contribution in [0.2, 0.25) is 0 Å². The highest BCUT2D eigenvalue weighted by Gasteiger charge is 2.21. The fourth-order valence-electron chi connectivity index (χ4n) is 2.50. The molecule has 10 heteroatoms. The number of carbonyl (C=O) groups excluding carboxylic acids is 2. The van der Waals surface area contributed by atoms with Gasteiger partial charge >= 0.3 is 0 Å². The molecule has 25 heavy (non-hydrogen) atoms. The lowest BCUT2D eigenvalue weighted by molar-refractivity contribution is -0.154. The maximum Gasteiger partial charge on any atom is 0.243 e. The Morgan fingerprint density at radius 1 is 1.44 bits per heavy atom. The summed E-state index contributed by atoms with van der Waals surface area (Å²) < 4.78 is 1.60. The van der Waals surface area contributed by atoms with E-state index in [0.717, 1.165) is 19.3 Å². The molecule has 0 radical (unpaired) electrons. The normalized spacial score (nSPS) is 12.0. The molecule has 1 atom stereocenters. The molecule has 3 N–H and O–H groups in total. The monoisotopic (exact) mass is 349 g/mol. The van der Waals surface area contributed by atoms with Crippen molar-refractivity contribution in [3.8, 4) is 0 Å². The number of fused-ring (bicyclic) bond motifs is 1. The average Bonchev–Trinajstić information content (AvgIpc) is 3.00. The van der Waals surface area contributed by atoms with E-state index in [2.05, 4.69) is 32.8 Å². The molecule has 10 nitrogen and oxygen atoms in total. The van der Waals surface area contributed by atoms with Gasteiger partial charge < -0.3 is 0 Å². The highest BCUT2D eigenvalue weighted by molar-refractivity contribution is 5.87. The summed E-state index contributed by atoms with van der Waals surface area (Å²) in [5.74, 6) is -0.428. The number of carbonyl (C=O) groups is 2. The molecular weight excluding hydrogens is 326 g/mol. The third-order valence-corrected chi connectivity index (χ3v) is 3.89. The number of hydrazine groups is 1. The van der Waals surface area contributed by atoms with Crippen molar-refractivity contribution in [1.82, 2.24) is 30.2 Å². The second-order valence-corrected chi connectivity index (χ2v) is 5.76. The summed E-state index contributed by atoms with van der Waals surface area (Å²) in [6, 6.07) is 0. The maximum absolute atomic E-state index is 12.4. The smallest absolute Gasteiger partial charge is 0.243 e. The molecule has 0 unspecified atom stereocenters. The topological polar surface area (TPSA) is 125 Å². The zero-order valence-electron chi connectivity index (χ0n) is 14.3. The van der Waals surface area contributed by atoms with E-state index in [1.807, 2.05) is 0 Å². The molecule has 0 aliphatic rings.